The Morgan fingerprint density at radius 1 is 1.22 bits per heavy atom. The van der Waals surface area contributed by atoms with Gasteiger partial charge in [0.1, 0.15) is 4.88 Å². The minimum atomic E-state index is -0.158. The van der Waals surface area contributed by atoms with Crippen LogP contribution < -0.4 is 5.32 Å². The van der Waals surface area contributed by atoms with Gasteiger partial charge in [-0.25, -0.2) is 4.98 Å². The normalized spacial score (nSPS) is 11.0. The van der Waals surface area contributed by atoms with Crippen LogP contribution in [0.3, 0.4) is 0 Å². The largest absolute Gasteiger partial charge is 0.310 e. The van der Waals surface area contributed by atoms with E-state index in [1.165, 1.54) is 11.3 Å². The highest BCUT2D eigenvalue weighted by Crippen LogP contribution is 2.29. The van der Waals surface area contributed by atoms with E-state index in [0.717, 1.165) is 33.2 Å². The highest BCUT2D eigenvalue weighted by atomic mass is 79.9. The van der Waals surface area contributed by atoms with Crippen molar-refractivity contribution in [1.29, 1.82) is 0 Å². The van der Waals surface area contributed by atoms with E-state index in [1.54, 1.807) is 6.20 Å². The van der Waals surface area contributed by atoms with Gasteiger partial charge in [0.25, 0.3) is 5.91 Å². The molecule has 136 valence electrons. The number of carbonyl (C=O) groups excluding carboxylic acids is 1. The Kier molecular flexibility index (Phi) is 5.05. The summed E-state index contributed by atoms with van der Waals surface area (Å²) in [5.41, 5.74) is 3.90. The second-order valence-corrected chi connectivity index (χ2v) is 7.84. The highest BCUT2D eigenvalue weighted by Gasteiger charge is 2.18. The smallest absolute Gasteiger partial charge is 0.269 e. The number of thiophene rings is 1. The van der Waals surface area contributed by atoms with Gasteiger partial charge in [-0.2, -0.15) is 0 Å². The molecule has 0 aliphatic heterocycles. The molecule has 0 atom stereocenters. The number of imidazole rings is 1. The van der Waals surface area contributed by atoms with Gasteiger partial charge in [0.15, 0.2) is 0 Å². The van der Waals surface area contributed by atoms with Gasteiger partial charge in [0, 0.05) is 29.3 Å². The molecule has 0 radical (unpaired) electrons. The Hall–Kier alpha value is -2.51. The Balaban J connectivity index is 1.65. The molecule has 27 heavy (non-hydrogen) atoms. The number of halogens is 1. The molecule has 0 bridgehead atoms. The lowest BCUT2D eigenvalue weighted by atomic mass is 10.2. The molecule has 0 saturated carbocycles. The standard InChI is InChI=1S/C20H17BrN4OS/c1-13-12-27-18(17(13)21)19(26)24-20-23-15-7-2-3-8-16(15)25(20)11-9-14-6-4-5-10-22-14/h2-8,10,12H,9,11H2,1H3,(H,23,24,26). The van der Waals surface area contributed by atoms with Gasteiger partial charge >= 0.3 is 0 Å². The molecule has 0 spiro atoms. The van der Waals surface area contributed by atoms with E-state index in [0.29, 0.717) is 17.4 Å². The summed E-state index contributed by atoms with van der Waals surface area (Å²) >= 11 is 4.91. The van der Waals surface area contributed by atoms with Gasteiger partial charge in [-0.3, -0.25) is 15.1 Å². The number of nitrogens with zero attached hydrogens (tertiary/aromatic N) is 3. The molecule has 7 heteroatoms. The number of anilines is 1. The van der Waals surface area contributed by atoms with Crippen LogP contribution in [0.1, 0.15) is 20.9 Å². The van der Waals surface area contributed by atoms with Crippen molar-refractivity contribution in [3.8, 4) is 0 Å². The van der Waals surface area contributed by atoms with Gasteiger partial charge in [-0.1, -0.05) is 18.2 Å². The van der Waals surface area contributed by atoms with E-state index in [-0.39, 0.29) is 5.91 Å². The number of fused-ring (bicyclic) bond motifs is 1. The van der Waals surface area contributed by atoms with Crippen LogP contribution in [0.25, 0.3) is 11.0 Å². The minimum Gasteiger partial charge on any atom is -0.310 e. The average molecular weight is 441 g/mol. The van der Waals surface area contributed by atoms with Crippen molar-refractivity contribution in [2.24, 2.45) is 0 Å². The molecule has 4 aromatic rings. The topological polar surface area (TPSA) is 59.8 Å². The van der Waals surface area contributed by atoms with Crippen molar-refractivity contribution in [1.82, 2.24) is 14.5 Å². The zero-order chi connectivity index (χ0) is 18.8. The molecule has 0 fully saturated rings. The Bertz CT molecular complexity index is 1100. The van der Waals surface area contributed by atoms with Gasteiger partial charge in [0.05, 0.1) is 11.0 Å². The molecule has 0 saturated heterocycles. The van der Waals surface area contributed by atoms with Gasteiger partial charge in [-0.15, -0.1) is 11.3 Å². The molecule has 5 nitrogen and oxygen atoms in total. The number of aromatic nitrogens is 3. The van der Waals surface area contributed by atoms with Crippen molar-refractivity contribution in [3.05, 3.63) is 74.6 Å². The number of para-hydroxylation sites is 2. The van der Waals surface area contributed by atoms with E-state index in [1.807, 2.05) is 59.3 Å². The Morgan fingerprint density at radius 3 is 2.78 bits per heavy atom. The molecule has 3 aromatic heterocycles. The van der Waals surface area contributed by atoms with Crippen molar-refractivity contribution in [2.45, 2.75) is 19.9 Å². The Morgan fingerprint density at radius 2 is 2.04 bits per heavy atom. The lowest BCUT2D eigenvalue weighted by Crippen LogP contribution is -2.16. The Labute approximate surface area is 169 Å². The number of amides is 1. The first kappa shape index (κ1) is 17.9. The number of carbonyl (C=O) groups is 1. The fourth-order valence-corrected chi connectivity index (χ4v) is 4.47. The molecular formula is C20H17BrN4OS. The number of aryl methyl sites for hydroxylation is 3. The molecule has 3 heterocycles. The zero-order valence-electron chi connectivity index (χ0n) is 14.6. The molecule has 0 aliphatic carbocycles. The molecule has 1 N–H and O–H groups in total. The van der Waals surface area contributed by atoms with Crippen molar-refractivity contribution >= 4 is 50.2 Å². The molecule has 1 amide bonds. The highest BCUT2D eigenvalue weighted by molar-refractivity contribution is 9.10. The number of nitrogens with one attached hydrogen (secondary N) is 1. The third kappa shape index (κ3) is 3.65. The second kappa shape index (κ2) is 7.62. The second-order valence-electron chi connectivity index (χ2n) is 6.16. The SMILES string of the molecule is Cc1csc(C(=O)Nc2nc3ccccc3n2CCc2ccccn2)c1Br. The zero-order valence-corrected chi connectivity index (χ0v) is 17.0. The number of pyridine rings is 1. The maximum atomic E-state index is 12.8. The van der Waals surface area contributed by atoms with E-state index in [4.69, 9.17) is 0 Å². The summed E-state index contributed by atoms with van der Waals surface area (Å²) in [6.45, 7) is 2.65. The van der Waals surface area contributed by atoms with E-state index < -0.39 is 0 Å². The van der Waals surface area contributed by atoms with Crippen LogP contribution >= 0.6 is 27.3 Å². The van der Waals surface area contributed by atoms with Crippen LogP contribution in [0.5, 0.6) is 0 Å². The van der Waals surface area contributed by atoms with Crippen LogP contribution in [0, 0.1) is 6.92 Å². The summed E-state index contributed by atoms with van der Waals surface area (Å²) in [4.78, 5) is 22.4. The number of benzene rings is 1. The summed E-state index contributed by atoms with van der Waals surface area (Å²) < 4.78 is 2.87. The molecule has 4 rings (SSSR count). The fraction of sp³-hybridized carbons (Fsp3) is 0.150. The lowest BCUT2D eigenvalue weighted by Gasteiger charge is -2.10. The van der Waals surface area contributed by atoms with Crippen molar-refractivity contribution in [3.63, 3.8) is 0 Å². The van der Waals surface area contributed by atoms with Gasteiger partial charge in [0.2, 0.25) is 5.95 Å². The molecule has 0 aliphatic rings. The van der Waals surface area contributed by atoms with E-state index in [2.05, 4.69) is 31.2 Å². The maximum absolute atomic E-state index is 12.8. The summed E-state index contributed by atoms with van der Waals surface area (Å²) in [6, 6.07) is 13.8. The first-order chi connectivity index (χ1) is 13.1. The van der Waals surface area contributed by atoms with Gasteiger partial charge < -0.3 is 4.57 Å². The molecular weight excluding hydrogens is 424 g/mol. The fourth-order valence-electron chi connectivity index (χ4n) is 2.91. The number of rotatable bonds is 5. The van der Waals surface area contributed by atoms with Gasteiger partial charge in [-0.05, 0) is 58.1 Å². The molecule has 0 unspecified atom stereocenters. The monoisotopic (exact) mass is 440 g/mol. The van der Waals surface area contributed by atoms with E-state index in [9.17, 15) is 4.79 Å². The van der Waals surface area contributed by atoms with Crippen LogP contribution in [0.15, 0.2) is 58.5 Å². The predicted molar refractivity (Wildman–Crippen MR) is 112 cm³/mol. The van der Waals surface area contributed by atoms with Crippen LogP contribution in [-0.4, -0.2) is 20.4 Å². The summed E-state index contributed by atoms with van der Waals surface area (Å²) in [5, 5.41) is 4.94. The minimum absolute atomic E-state index is 0.158. The first-order valence-electron chi connectivity index (χ1n) is 8.53. The third-order valence-electron chi connectivity index (χ3n) is 4.30. The van der Waals surface area contributed by atoms with Crippen LogP contribution in [0.4, 0.5) is 5.95 Å². The average Bonchev–Trinajstić information content (AvgIpc) is 3.20. The van der Waals surface area contributed by atoms with Crippen molar-refractivity contribution < 1.29 is 4.79 Å². The maximum Gasteiger partial charge on any atom is 0.269 e. The van der Waals surface area contributed by atoms with Crippen molar-refractivity contribution in [2.75, 3.05) is 5.32 Å². The van der Waals surface area contributed by atoms with Crippen LogP contribution in [0.2, 0.25) is 0 Å². The number of hydrogen-bond acceptors (Lipinski definition) is 4. The molecule has 1 aromatic carbocycles. The first-order valence-corrected chi connectivity index (χ1v) is 10.2. The predicted octanol–water partition coefficient (Wildman–Crippen LogP) is 5.06. The summed E-state index contributed by atoms with van der Waals surface area (Å²) in [6.07, 6.45) is 2.55. The lowest BCUT2D eigenvalue weighted by molar-refractivity contribution is 0.102. The van der Waals surface area contributed by atoms with E-state index >= 15 is 0 Å². The quantitative estimate of drug-likeness (QED) is 0.471. The summed E-state index contributed by atoms with van der Waals surface area (Å²) in [7, 11) is 0. The third-order valence-corrected chi connectivity index (χ3v) is 6.68. The summed E-state index contributed by atoms with van der Waals surface area (Å²) in [5.74, 6) is 0.393. The van der Waals surface area contributed by atoms with Crippen LogP contribution in [-0.2, 0) is 13.0 Å². The number of hydrogen-bond donors (Lipinski definition) is 1.